The Bertz CT molecular complexity index is 806. The highest BCUT2D eigenvalue weighted by molar-refractivity contribution is 7.99. The molecule has 0 amide bonds. The van der Waals surface area contributed by atoms with Crippen LogP contribution in [0.2, 0.25) is 0 Å². The Morgan fingerprint density at radius 1 is 1.27 bits per heavy atom. The van der Waals surface area contributed by atoms with Crippen LogP contribution in [0.1, 0.15) is 24.8 Å². The van der Waals surface area contributed by atoms with Crippen LogP contribution in [0, 0.1) is 5.92 Å². The van der Waals surface area contributed by atoms with Crippen molar-refractivity contribution in [2.45, 2.75) is 35.6 Å². The molecule has 1 aromatic carbocycles. The highest BCUT2D eigenvalue weighted by Gasteiger charge is 2.24. The normalized spacial score (nSPS) is 17.2. The lowest BCUT2D eigenvalue weighted by atomic mass is 9.97. The lowest BCUT2D eigenvalue weighted by Gasteiger charge is -2.29. The highest BCUT2D eigenvalue weighted by Crippen LogP contribution is 2.42. The summed E-state index contributed by atoms with van der Waals surface area (Å²) in [5.74, 6) is 0.0280. The number of piperidine rings is 1. The number of aryl methyl sites for hydroxylation is 1. The zero-order valence-corrected chi connectivity index (χ0v) is 15.3. The van der Waals surface area contributed by atoms with Crippen LogP contribution in [-0.4, -0.2) is 45.6 Å². The van der Waals surface area contributed by atoms with Crippen molar-refractivity contribution >= 4 is 29.2 Å². The van der Waals surface area contributed by atoms with E-state index in [1.165, 1.54) is 10.5 Å². The summed E-state index contributed by atoms with van der Waals surface area (Å²) in [6, 6.07) is 6.54. The number of rotatable bonds is 5. The molecule has 1 saturated heterocycles. The smallest absolute Gasteiger partial charge is 0.306 e. The highest BCUT2D eigenvalue weighted by atomic mass is 32.2. The molecule has 3 heterocycles. The molecular weight excluding hydrogens is 348 g/mol. The molecule has 26 heavy (non-hydrogen) atoms. The zero-order valence-electron chi connectivity index (χ0n) is 14.5. The maximum Gasteiger partial charge on any atom is 0.306 e. The fourth-order valence-electron chi connectivity index (χ4n) is 3.55. The predicted octanol–water partition coefficient (Wildman–Crippen LogP) is 3.41. The number of aliphatic carboxylic acids is 1. The van der Waals surface area contributed by atoms with Crippen LogP contribution in [-0.2, 0) is 11.2 Å². The molecule has 2 aliphatic heterocycles. The average molecular weight is 370 g/mol. The number of aromatic nitrogens is 2. The Morgan fingerprint density at radius 3 is 2.88 bits per heavy atom. The Labute approximate surface area is 157 Å². The van der Waals surface area contributed by atoms with Crippen LogP contribution in [0.15, 0.2) is 40.5 Å². The van der Waals surface area contributed by atoms with Gasteiger partial charge >= 0.3 is 5.97 Å². The van der Waals surface area contributed by atoms with Gasteiger partial charge in [-0.15, -0.1) is 0 Å². The van der Waals surface area contributed by atoms with E-state index in [1.807, 2.05) is 0 Å². The third-order valence-corrected chi connectivity index (χ3v) is 6.11. The van der Waals surface area contributed by atoms with Crippen molar-refractivity contribution in [1.82, 2.24) is 14.9 Å². The minimum absolute atomic E-state index is 0.151. The molecule has 2 aromatic rings. The van der Waals surface area contributed by atoms with Crippen LogP contribution in [0.25, 0.3) is 0 Å². The number of carboxylic acids is 1. The summed E-state index contributed by atoms with van der Waals surface area (Å²) in [5.41, 5.74) is 2.41. The molecule has 2 aliphatic rings. The summed E-state index contributed by atoms with van der Waals surface area (Å²) in [4.78, 5) is 23.3. The molecular formula is C19H22N4O2S. The molecule has 136 valence electrons. The van der Waals surface area contributed by atoms with Crippen LogP contribution < -0.4 is 5.32 Å². The van der Waals surface area contributed by atoms with Crippen LogP contribution >= 0.6 is 11.8 Å². The molecule has 7 heteroatoms. The second-order valence-corrected chi connectivity index (χ2v) is 7.86. The van der Waals surface area contributed by atoms with Gasteiger partial charge in [0.05, 0.1) is 11.6 Å². The summed E-state index contributed by atoms with van der Waals surface area (Å²) in [7, 11) is 0. The van der Waals surface area contributed by atoms with Gasteiger partial charge in [-0.3, -0.25) is 4.79 Å². The van der Waals surface area contributed by atoms with E-state index < -0.39 is 5.97 Å². The number of hydrogen-bond acceptors (Lipinski definition) is 6. The SMILES string of the molecule is O=C(O)C1CCN(CCCc2ccc3c(c2)Nc2nccnc2S3)CC1. The van der Waals surface area contributed by atoms with Crippen molar-refractivity contribution < 1.29 is 9.90 Å². The van der Waals surface area contributed by atoms with Crippen molar-refractivity contribution in [3.63, 3.8) is 0 Å². The quantitative estimate of drug-likeness (QED) is 0.712. The molecule has 0 unspecified atom stereocenters. The summed E-state index contributed by atoms with van der Waals surface area (Å²) in [6.07, 6.45) is 7.07. The maximum absolute atomic E-state index is 11.0. The second-order valence-electron chi connectivity index (χ2n) is 6.83. The first-order chi connectivity index (χ1) is 12.7. The zero-order chi connectivity index (χ0) is 17.9. The van der Waals surface area contributed by atoms with E-state index in [9.17, 15) is 4.79 Å². The molecule has 4 rings (SSSR count). The topological polar surface area (TPSA) is 78.4 Å². The van der Waals surface area contributed by atoms with E-state index in [1.54, 1.807) is 24.2 Å². The largest absolute Gasteiger partial charge is 0.481 e. The number of nitrogens with zero attached hydrogens (tertiary/aromatic N) is 3. The first kappa shape index (κ1) is 17.3. The van der Waals surface area contributed by atoms with Crippen molar-refractivity contribution in [2.24, 2.45) is 5.92 Å². The Kier molecular flexibility index (Phi) is 5.08. The minimum atomic E-state index is -0.643. The summed E-state index contributed by atoms with van der Waals surface area (Å²) in [5, 5.41) is 13.4. The molecule has 0 aliphatic carbocycles. The van der Waals surface area contributed by atoms with E-state index in [2.05, 4.69) is 38.4 Å². The first-order valence-electron chi connectivity index (χ1n) is 9.03. The Balaban J connectivity index is 1.30. The molecule has 6 nitrogen and oxygen atoms in total. The van der Waals surface area contributed by atoms with Gasteiger partial charge in [0.2, 0.25) is 0 Å². The number of anilines is 2. The molecule has 0 bridgehead atoms. The van der Waals surface area contributed by atoms with Gasteiger partial charge in [0.25, 0.3) is 0 Å². The van der Waals surface area contributed by atoms with Crippen LogP contribution in [0.3, 0.4) is 0 Å². The van der Waals surface area contributed by atoms with Gasteiger partial charge in [0.15, 0.2) is 5.82 Å². The second kappa shape index (κ2) is 7.63. The molecule has 0 spiro atoms. The van der Waals surface area contributed by atoms with E-state index in [0.29, 0.717) is 0 Å². The van der Waals surface area contributed by atoms with Gasteiger partial charge in [-0.05, 0) is 63.0 Å². The lowest BCUT2D eigenvalue weighted by Crippen LogP contribution is -2.36. The predicted molar refractivity (Wildman–Crippen MR) is 101 cm³/mol. The average Bonchev–Trinajstić information content (AvgIpc) is 2.66. The van der Waals surface area contributed by atoms with Gasteiger partial charge in [-0.25, -0.2) is 9.97 Å². The van der Waals surface area contributed by atoms with Crippen molar-refractivity contribution in [3.8, 4) is 0 Å². The van der Waals surface area contributed by atoms with E-state index >= 15 is 0 Å². The lowest BCUT2D eigenvalue weighted by molar-refractivity contribution is -0.143. The van der Waals surface area contributed by atoms with E-state index in [0.717, 1.165) is 61.8 Å². The number of fused-ring (bicyclic) bond motifs is 2. The van der Waals surface area contributed by atoms with Gasteiger partial charge in [-0.2, -0.15) is 0 Å². The molecule has 1 fully saturated rings. The van der Waals surface area contributed by atoms with Crippen LogP contribution in [0.5, 0.6) is 0 Å². The fraction of sp³-hybridized carbons (Fsp3) is 0.421. The fourth-order valence-corrected chi connectivity index (χ4v) is 4.43. The summed E-state index contributed by atoms with van der Waals surface area (Å²) < 4.78 is 0. The third-order valence-electron chi connectivity index (χ3n) is 5.04. The Morgan fingerprint density at radius 2 is 2.08 bits per heavy atom. The van der Waals surface area contributed by atoms with Crippen molar-refractivity contribution in [3.05, 3.63) is 36.2 Å². The van der Waals surface area contributed by atoms with Gasteiger partial charge in [0.1, 0.15) is 5.03 Å². The Hall–Kier alpha value is -2.12. The maximum atomic E-state index is 11.0. The number of hydrogen-bond donors (Lipinski definition) is 2. The van der Waals surface area contributed by atoms with E-state index in [-0.39, 0.29) is 5.92 Å². The third kappa shape index (κ3) is 3.83. The van der Waals surface area contributed by atoms with Gasteiger partial charge in [0, 0.05) is 17.3 Å². The number of nitrogens with one attached hydrogen (secondary N) is 1. The molecule has 0 radical (unpaired) electrons. The van der Waals surface area contributed by atoms with Gasteiger partial charge < -0.3 is 15.3 Å². The molecule has 2 N–H and O–H groups in total. The number of benzene rings is 1. The number of carboxylic acid groups (broad SMARTS) is 1. The molecule has 0 saturated carbocycles. The monoisotopic (exact) mass is 370 g/mol. The standard InChI is InChI=1S/C19H22N4O2S/c24-19(25)14-5-10-23(11-6-14)9-1-2-13-3-4-16-15(12-13)22-17-18(26-16)21-8-7-20-17/h3-4,7-8,12,14H,1-2,5-6,9-11H2,(H,20,22)(H,24,25). The van der Waals surface area contributed by atoms with Gasteiger partial charge in [-0.1, -0.05) is 17.8 Å². The molecule has 0 atom stereocenters. The number of likely N-dealkylation sites (tertiary alicyclic amines) is 1. The summed E-state index contributed by atoms with van der Waals surface area (Å²) >= 11 is 1.65. The molecule has 1 aromatic heterocycles. The van der Waals surface area contributed by atoms with Crippen molar-refractivity contribution in [1.29, 1.82) is 0 Å². The van der Waals surface area contributed by atoms with Crippen molar-refractivity contribution in [2.75, 3.05) is 25.0 Å². The minimum Gasteiger partial charge on any atom is -0.481 e. The number of carbonyl (C=O) groups is 1. The van der Waals surface area contributed by atoms with Crippen LogP contribution in [0.4, 0.5) is 11.5 Å². The van der Waals surface area contributed by atoms with E-state index in [4.69, 9.17) is 5.11 Å². The first-order valence-corrected chi connectivity index (χ1v) is 9.84. The summed E-state index contributed by atoms with van der Waals surface area (Å²) in [6.45, 7) is 2.82.